The highest BCUT2D eigenvalue weighted by atomic mass is 16.2. The van der Waals surface area contributed by atoms with Gasteiger partial charge in [0.15, 0.2) is 0 Å². The normalized spacial score (nSPS) is 31.7. The second kappa shape index (κ2) is 2.46. The van der Waals surface area contributed by atoms with Gasteiger partial charge in [-0.05, 0) is 19.3 Å². The molecule has 1 unspecified atom stereocenters. The first-order chi connectivity index (χ1) is 5.69. The summed E-state index contributed by atoms with van der Waals surface area (Å²) in [5, 5.41) is 3.42. The first-order valence-electron chi connectivity index (χ1n) is 4.74. The summed E-state index contributed by atoms with van der Waals surface area (Å²) in [6.45, 7) is 2.15. The molecule has 1 N–H and O–H groups in total. The fourth-order valence-corrected chi connectivity index (χ4v) is 1.98. The lowest BCUT2D eigenvalue weighted by Crippen LogP contribution is -2.34. The minimum absolute atomic E-state index is 0.116. The number of nitrogens with zero attached hydrogens (tertiary/aromatic N) is 1. The Morgan fingerprint density at radius 1 is 1.67 bits per heavy atom. The molecule has 1 amide bonds. The predicted molar refractivity (Wildman–Crippen MR) is 46.6 cm³/mol. The molecule has 3 heteroatoms. The number of carbonyl (C=O) groups is 1. The van der Waals surface area contributed by atoms with Crippen molar-refractivity contribution in [1.29, 1.82) is 0 Å². The van der Waals surface area contributed by atoms with Gasteiger partial charge in [0.2, 0.25) is 5.91 Å². The molecule has 1 atom stereocenters. The van der Waals surface area contributed by atoms with E-state index in [2.05, 4.69) is 12.2 Å². The third-order valence-corrected chi connectivity index (χ3v) is 2.95. The molecule has 2 rings (SSSR count). The topological polar surface area (TPSA) is 32.3 Å². The minimum Gasteiger partial charge on any atom is -0.329 e. The monoisotopic (exact) mass is 168 g/mol. The highest BCUT2D eigenvalue weighted by Gasteiger charge is 2.57. The summed E-state index contributed by atoms with van der Waals surface area (Å²) in [6.07, 6.45) is 4.58. The van der Waals surface area contributed by atoms with Crippen LogP contribution in [-0.4, -0.2) is 29.6 Å². The fourth-order valence-electron chi connectivity index (χ4n) is 1.98. The molecule has 0 aromatic carbocycles. The van der Waals surface area contributed by atoms with Gasteiger partial charge in [-0.25, -0.2) is 0 Å². The lowest BCUT2D eigenvalue weighted by molar-refractivity contribution is -0.129. The molecular formula is C9H16N2O. The van der Waals surface area contributed by atoms with E-state index < -0.39 is 0 Å². The van der Waals surface area contributed by atoms with Gasteiger partial charge < -0.3 is 4.90 Å². The second-order valence-corrected chi connectivity index (χ2v) is 3.95. The maximum atomic E-state index is 11.6. The number of nitrogens with one attached hydrogen (secondary N) is 1. The average Bonchev–Trinajstić information content (AvgIpc) is 2.78. The second-order valence-electron chi connectivity index (χ2n) is 3.95. The van der Waals surface area contributed by atoms with Gasteiger partial charge in [0.25, 0.3) is 0 Å². The van der Waals surface area contributed by atoms with E-state index in [4.69, 9.17) is 0 Å². The SMILES string of the molecule is CCCC1NC2(CC2)C(=O)N1C. The van der Waals surface area contributed by atoms with Crippen molar-refractivity contribution in [3.8, 4) is 0 Å². The summed E-state index contributed by atoms with van der Waals surface area (Å²) in [5.74, 6) is 0.306. The maximum absolute atomic E-state index is 11.6. The molecular weight excluding hydrogens is 152 g/mol. The Morgan fingerprint density at radius 3 is 2.75 bits per heavy atom. The van der Waals surface area contributed by atoms with E-state index in [0.717, 1.165) is 25.7 Å². The van der Waals surface area contributed by atoms with Crippen molar-refractivity contribution in [2.24, 2.45) is 0 Å². The van der Waals surface area contributed by atoms with E-state index in [1.165, 1.54) is 0 Å². The van der Waals surface area contributed by atoms with Crippen LogP contribution in [0.2, 0.25) is 0 Å². The zero-order valence-electron chi connectivity index (χ0n) is 7.76. The number of amides is 1. The summed E-state index contributed by atoms with van der Waals surface area (Å²) in [5.41, 5.74) is -0.116. The van der Waals surface area contributed by atoms with Crippen LogP contribution >= 0.6 is 0 Å². The van der Waals surface area contributed by atoms with Crippen molar-refractivity contribution < 1.29 is 4.79 Å². The van der Waals surface area contributed by atoms with Crippen molar-refractivity contribution in [2.45, 2.75) is 44.3 Å². The Balaban J connectivity index is 2.07. The molecule has 1 aliphatic heterocycles. The molecule has 0 radical (unpaired) electrons. The van der Waals surface area contributed by atoms with Crippen molar-refractivity contribution in [1.82, 2.24) is 10.2 Å². The van der Waals surface area contributed by atoms with Crippen molar-refractivity contribution in [2.75, 3.05) is 7.05 Å². The lowest BCUT2D eigenvalue weighted by atomic mass is 10.2. The molecule has 0 aromatic heterocycles. The van der Waals surface area contributed by atoms with Crippen molar-refractivity contribution >= 4 is 5.91 Å². The Morgan fingerprint density at radius 2 is 2.33 bits per heavy atom. The summed E-state index contributed by atoms with van der Waals surface area (Å²) in [6, 6.07) is 0. The third-order valence-electron chi connectivity index (χ3n) is 2.95. The molecule has 1 saturated carbocycles. The van der Waals surface area contributed by atoms with Crippen LogP contribution in [0.5, 0.6) is 0 Å². The fraction of sp³-hybridized carbons (Fsp3) is 0.889. The zero-order valence-corrected chi connectivity index (χ0v) is 7.76. The molecule has 1 saturated heterocycles. The van der Waals surface area contributed by atoms with Gasteiger partial charge in [-0.2, -0.15) is 0 Å². The van der Waals surface area contributed by atoms with Gasteiger partial charge in [-0.1, -0.05) is 13.3 Å². The van der Waals surface area contributed by atoms with Crippen LogP contribution < -0.4 is 5.32 Å². The Labute approximate surface area is 73.1 Å². The molecule has 2 fully saturated rings. The number of hydrogen-bond donors (Lipinski definition) is 1. The van der Waals surface area contributed by atoms with Gasteiger partial charge in [-0.3, -0.25) is 10.1 Å². The largest absolute Gasteiger partial charge is 0.329 e. The summed E-state index contributed by atoms with van der Waals surface area (Å²) in [7, 11) is 1.91. The molecule has 1 aliphatic carbocycles. The molecule has 1 spiro atoms. The van der Waals surface area contributed by atoms with Crippen LogP contribution in [0.3, 0.4) is 0 Å². The Kier molecular flexibility index (Phi) is 1.65. The van der Waals surface area contributed by atoms with E-state index in [-0.39, 0.29) is 5.54 Å². The maximum Gasteiger partial charge on any atom is 0.243 e. The zero-order chi connectivity index (χ0) is 8.77. The third kappa shape index (κ3) is 0.959. The molecule has 12 heavy (non-hydrogen) atoms. The Hall–Kier alpha value is -0.570. The first-order valence-corrected chi connectivity index (χ1v) is 4.74. The van der Waals surface area contributed by atoms with Crippen molar-refractivity contribution in [3.05, 3.63) is 0 Å². The van der Waals surface area contributed by atoms with Gasteiger partial charge in [0.05, 0.1) is 11.7 Å². The van der Waals surface area contributed by atoms with Crippen LogP contribution in [0.25, 0.3) is 0 Å². The first kappa shape index (κ1) is 8.05. The van der Waals surface area contributed by atoms with E-state index in [9.17, 15) is 4.79 Å². The van der Waals surface area contributed by atoms with Crippen LogP contribution in [0.1, 0.15) is 32.6 Å². The van der Waals surface area contributed by atoms with Gasteiger partial charge >= 0.3 is 0 Å². The number of hydrogen-bond acceptors (Lipinski definition) is 2. The molecule has 3 nitrogen and oxygen atoms in total. The standard InChI is InChI=1S/C9H16N2O/c1-3-4-7-10-9(5-6-9)8(12)11(7)2/h7,10H,3-6H2,1-2H3. The van der Waals surface area contributed by atoms with Crippen LogP contribution in [0.15, 0.2) is 0 Å². The molecule has 1 heterocycles. The van der Waals surface area contributed by atoms with Crippen LogP contribution in [-0.2, 0) is 4.79 Å². The highest BCUT2D eigenvalue weighted by molar-refractivity contribution is 5.91. The van der Waals surface area contributed by atoms with Crippen LogP contribution in [0, 0.1) is 0 Å². The molecule has 0 bridgehead atoms. The average molecular weight is 168 g/mol. The van der Waals surface area contributed by atoms with Gasteiger partial charge in [0, 0.05) is 7.05 Å². The Bertz CT molecular complexity index is 211. The van der Waals surface area contributed by atoms with E-state index in [1.54, 1.807) is 0 Å². The lowest BCUT2D eigenvalue weighted by Gasteiger charge is -2.17. The molecule has 2 aliphatic rings. The van der Waals surface area contributed by atoms with Crippen molar-refractivity contribution in [3.63, 3.8) is 0 Å². The quantitative estimate of drug-likeness (QED) is 0.658. The number of carbonyl (C=O) groups excluding carboxylic acids is 1. The number of rotatable bonds is 2. The predicted octanol–water partition coefficient (Wildman–Crippen LogP) is 0.707. The van der Waals surface area contributed by atoms with E-state index >= 15 is 0 Å². The molecule has 0 aromatic rings. The van der Waals surface area contributed by atoms with Gasteiger partial charge in [0.1, 0.15) is 0 Å². The highest BCUT2D eigenvalue weighted by Crippen LogP contribution is 2.42. The minimum atomic E-state index is -0.116. The van der Waals surface area contributed by atoms with E-state index in [1.807, 2.05) is 11.9 Å². The van der Waals surface area contributed by atoms with Crippen LogP contribution in [0.4, 0.5) is 0 Å². The molecule has 68 valence electrons. The summed E-state index contributed by atoms with van der Waals surface area (Å²) < 4.78 is 0. The summed E-state index contributed by atoms with van der Waals surface area (Å²) in [4.78, 5) is 13.5. The smallest absolute Gasteiger partial charge is 0.243 e. The van der Waals surface area contributed by atoms with Gasteiger partial charge in [-0.15, -0.1) is 0 Å². The summed E-state index contributed by atoms with van der Waals surface area (Å²) >= 11 is 0. The number of likely N-dealkylation sites (N-methyl/N-ethyl adjacent to an activating group) is 1. The van der Waals surface area contributed by atoms with E-state index in [0.29, 0.717) is 12.1 Å².